The molecule has 2 aromatic rings. The smallest absolute Gasteiger partial charge is 0.335 e. The van der Waals surface area contributed by atoms with Gasteiger partial charge < -0.3 is 15.3 Å². The largest absolute Gasteiger partial charge is 0.478 e. The number of rotatable bonds is 4. The highest BCUT2D eigenvalue weighted by Gasteiger charge is 2.26. The quantitative estimate of drug-likeness (QED) is 0.886. The van der Waals surface area contributed by atoms with Gasteiger partial charge in [-0.3, -0.25) is 4.79 Å². The van der Waals surface area contributed by atoms with Crippen LogP contribution in [0.1, 0.15) is 45.0 Å². The second kappa shape index (κ2) is 7.29. The minimum Gasteiger partial charge on any atom is -0.478 e. The minimum atomic E-state index is -0.938. The number of carbonyl (C=O) groups is 2. The lowest BCUT2D eigenvalue weighted by atomic mass is 9.89. The molecule has 1 fully saturated rings. The number of piperidine rings is 1. The Morgan fingerprint density at radius 2 is 2.00 bits per heavy atom. The van der Waals surface area contributed by atoms with Gasteiger partial charge in [-0.1, -0.05) is 12.1 Å². The van der Waals surface area contributed by atoms with Crippen molar-refractivity contribution in [1.82, 2.24) is 14.9 Å². The summed E-state index contributed by atoms with van der Waals surface area (Å²) < 4.78 is 0. The van der Waals surface area contributed by atoms with Crippen molar-refractivity contribution in [1.29, 1.82) is 0 Å². The molecule has 3 rings (SSSR count). The van der Waals surface area contributed by atoms with Gasteiger partial charge in [0.1, 0.15) is 0 Å². The van der Waals surface area contributed by atoms with Gasteiger partial charge in [0.05, 0.1) is 11.1 Å². The Kier molecular flexibility index (Phi) is 4.92. The van der Waals surface area contributed by atoms with E-state index in [-0.39, 0.29) is 17.4 Å². The third-order valence-electron chi connectivity index (χ3n) is 4.44. The number of carboxylic acids is 1. The van der Waals surface area contributed by atoms with Crippen LogP contribution < -0.4 is 5.32 Å². The number of aromatic nitrogens is 2. The number of anilines is 1. The van der Waals surface area contributed by atoms with E-state index in [2.05, 4.69) is 15.3 Å². The fourth-order valence-electron chi connectivity index (χ4n) is 3.11. The summed E-state index contributed by atoms with van der Waals surface area (Å²) in [5.74, 6) is -0.429. The van der Waals surface area contributed by atoms with Gasteiger partial charge in [-0.15, -0.1) is 0 Å². The molecule has 2 heterocycles. The van der Waals surface area contributed by atoms with Crippen LogP contribution in [0.2, 0.25) is 0 Å². The highest BCUT2D eigenvalue weighted by atomic mass is 16.4. The summed E-state index contributed by atoms with van der Waals surface area (Å²) in [6, 6.07) is 6.96. The minimum absolute atomic E-state index is 0.0956. The Balaban J connectivity index is 1.75. The number of benzene rings is 1. The van der Waals surface area contributed by atoms with E-state index in [9.17, 15) is 9.59 Å². The molecule has 0 unspecified atom stereocenters. The van der Waals surface area contributed by atoms with Crippen molar-refractivity contribution >= 4 is 17.8 Å². The second-order valence-corrected chi connectivity index (χ2v) is 6.07. The van der Waals surface area contributed by atoms with Crippen LogP contribution in [0.15, 0.2) is 36.7 Å². The molecule has 1 aliphatic heterocycles. The number of amides is 1. The van der Waals surface area contributed by atoms with Crippen molar-refractivity contribution in [2.24, 2.45) is 0 Å². The first-order chi connectivity index (χ1) is 12.1. The zero-order chi connectivity index (χ0) is 17.8. The maximum atomic E-state index is 12.7. The normalized spacial score (nSPS) is 17.2. The molecule has 0 saturated carbocycles. The van der Waals surface area contributed by atoms with Crippen LogP contribution in [-0.4, -0.2) is 52.0 Å². The molecule has 1 atom stereocenters. The van der Waals surface area contributed by atoms with Gasteiger partial charge in [0, 0.05) is 38.4 Å². The summed E-state index contributed by atoms with van der Waals surface area (Å²) >= 11 is 0. The first-order valence-corrected chi connectivity index (χ1v) is 8.21. The van der Waals surface area contributed by atoms with Crippen LogP contribution in [0.3, 0.4) is 0 Å². The van der Waals surface area contributed by atoms with E-state index in [1.807, 2.05) is 6.07 Å². The van der Waals surface area contributed by atoms with Gasteiger partial charge >= 0.3 is 5.97 Å². The molecule has 25 heavy (non-hydrogen) atoms. The third kappa shape index (κ3) is 3.76. The molecule has 1 aromatic heterocycles. The molecule has 7 nitrogen and oxygen atoms in total. The van der Waals surface area contributed by atoms with Gasteiger partial charge in [-0.05, 0) is 30.5 Å². The molecule has 1 saturated heterocycles. The number of carbonyl (C=O) groups excluding carboxylic acids is 1. The molecule has 1 amide bonds. The zero-order valence-corrected chi connectivity index (χ0v) is 14.0. The number of nitrogens with one attached hydrogen (secondary N) is 1. The van der Waals surface area contributed by atoms with E-state index in [4.69, 9.17) is 5.11 Å². The molecule has 7 heteroatoms. The van der Waals surface area contributed by atoms with E-state index in [0.29, 0.717) is 24.6 Å². The lowest BCUT2D eigenvalue weighted by Gasteiger charge is -2.33. The number of likely N-dealkylation sites (tertiary alicyclic amines) is 1. The monoisotopic (exact) mass is 340 g/mol. The summed E-state index contributed by atoms with van der Waals surface area (Å²) in [7, 11) is 1.72. The zero-order valence-electron chi connectivity index (χ0n) is 14.0. The fourth-order valence-corrected chi connectivity index (χ4v) is 3.11. The number of hydrogen-bond donors (Lipinski definition) is 2. The van der Waals surface area contributed by atoms with Crippen LogP contribution in [0.25, 0.3) is 0 Å². The Hall–Kier alpha value is -2.96. The molecule has 1 aliphatic rings. The maximum Gasteiger partial charge on any atom is 0.335 e. The van der Waals surface area contributed by atoms with Gasteiger partial charge in [-0.25, -0.2) is 14.8 Å². The summed E-state index contributed by atoms with van der Waals surface area (Å²) in [4.78, 5) is 33.8. The van der Waals surface area contributed by atoms with Gasteiger partial charge in [-0.2, -0.15) is 0 Å². The van der Waals surface area contributed by atoms with Crippen LogP contribution >= 0.6 is 0 Å². The molecule has 130 valence electrons. The van der Waals surface area contributed by atoms with Crippen molar-refractivity contribution < 1.29 is 14.7 Å². The van der Waals surface area contributed by atoms with E-state index in [0.717, 1.165) is 18.4 Å². The highest BCUT2D eigenvalue weighted by Crippen LogP contribution is 2.28. The number of aromatic carboxylic acids is 1. The molecular weight excluding hydrogens is 320 g/mol. The molecule has 2 N–H and O–H groups in total. The van der Waals surface area contributed by atoms with Crippen LogP contribution in [0.4, 0.5) is 5.95 Å². The van der Waals surface area contributed by atoms with Crippen LogP contribution in [0.5, 0.6) is 0 Å². The fraction of sp³-hybridized carbons (Fsp3) is 0.333. The van der Waals surface area contributed by atoms with Crippen molar-refractivity contribution in [3.05, 3.63) is 53.3 Å². The van der Waals surface area contributed by atoms with Crippen LogP contribution in [-0.2, 0) is 0 Å². The van der Waals surface area contributed by atoms with E-state index >= 15 is 0 Å². The predicted octanol–water partition coefficient (Wildman–Crippen LogP) is 2.24. The summed E-state index contributed by atoms with van der Waals surface area (Å²) in [6.07, 6.45) is 4.86. The first kappa shape index (κ1) is 16.9. The predicted molar refractivity (Wildman–Crippen MR) is 92.9 cm³/mol. The molecule has 0 spiro atoms. The lowest BCUT2D eigenvalue weighted by molar-refractivity contribution is 0.0687. The Morgan fingerprint density at radius 1 is 1.24 bits per heavy atom. The SMILES string of the molecule is CNc1ncc(C(=O)N2CCC[C@@H](c3cccc(C(=O)O)c3)C2)cn1. The third-order valence-corrected chi connectivity index (χ3v) is 4.44. The molecule has 1 aromatic carbocycles. The topological polar surface area (TPSA) is 95.4 Å². The van der Waals surface area contributed by atoms with E-state index in [1.165, 1.54) is 12.4 Å². The highest BCUT2D eigenvalue weighted by molar-refractivity contribution is 5.93. The second-order valence-electron chi connectivity index (χ2n) is 6.07. The van der Waals surface area contributed by atoms with E-state index in [1.54, 1.807) is 30.1 Å². The molecule has 0 radical (unpaired) electrons. The van der Waals surface area contributed by atoms with Gasteiger partial charge in [0.25, 0.3) is 5.91 Å². The maximum absolute atomic E-state index is 12.7. The van der Waals surface area contributed by atoms with Gasteiger partial charge in [0.2, 0.25) is 5.95 Å². The Bertz CT molecular complexity index is 776. The average Bonchev–Trinajstić information content (AvgIpc) is 2.67. The van der Waals surface area contributed by atoms with Crippen molar-refractivity contribution in [3.63, 3.8) is 0 Å². The molecule has 0 bridgehead atoms. The number of hydrogen-bond acceptors (Lipinski definition) is 5. The summed E-state index contributed by atoms with van der Waals surface area (Å²) in [5, 5.41) is 12.0. The number of nitrogens with zero attached hydrogens (tertiary/aromatic N) is 3. The van der Waals surface area contributed by atoms with Crippen molar-refractivity contribution in [2.45, 2.75) is 18.8 Å². The Morgan fingerprint density at radius 3 is 2.68 bits per heavy atom. The first-order valence-electron chi connectivity index (χ1n) is 8.21. The lowest BCUT2D eigenvalue weighted by Crippen LogP contribution is -2.39. The standard InChI is InChI=1S/C18H20N4O3/c1-19-18-20-9-15(10-21-18)16(23)22-7-3-6-14(11-22)12-4-2-5-13(8-12)17(24)25/h2,4-5,8-10,14H,3,6-7,11H2,1H3,(H,24,25)(H,19,20,21)/t14-/m1/s1. The van der Waals surface area contributed by atoms with Crippen molar-refractivity contribution in [2.75, 3.05) is 25.5 Å². The van der Waals surface area contributed by atoms with Crippen molar-refractivity contribution in [3.8, 4) is 0 Å². The summed E-state index contributed by atoms with van der Waals surface area (Å²) in [5.41, 5.74) is 1.69. The number of carboxylic acid groups (broad SMARTS) is 1. The molecular formula is C18H20N4O3. The average molecular weight is 340 g/mol. The van der Waals surface area contributed by atoms with Gasteiger partial charge in [0.15, 0.2) is 0 Å². The van der Waals surface area contributed by atoms with E-state index < -0.39 is 5.97 Å². The summed E-state index contributed by atoms with van der Waals surface area (Å²) in [6.45, 7) is 1.25. The van der Waals surface area contributed by atoms with Crippen LogP contribution in [0, 0.1) is 0 Å². The molecule has 0 aliphatic carbocycles. The Labute approximate surface area is 145 Å².